The van der Waals surface area contributed by atoms with Crippen LogP contribution in [0.5, 0.6) is 0 Å². The Labute approximate surface area is 247 Å². The van der Waals surface area contributed by atoms with Gasteiger partial charge in [-0.05, 0) is 48.5 Å². The van der Waals surface area contributed by atoms with Crippen LogP contribution in [0.2, 0.25) is 0 Å². The number of carbonyl (C=O) groups excluding carboxylic acids is 2. The first-order valence-electron chi connectivity index (χ1n) is 13.5. The Morgan fingerprint density at radius 2 is 0.977 bits per heavy atom. The summed E-state index contributed by atoms with van der Waals surface area (Å²) in [6.07, 6.45) is 0.363. The number of hydrogen-bond donors (Lipinski definition) is 2. The second kappa shape index (κ2) is 14.1. The summed E-state index contributed by atoms with van der Waals surface area (Å²) in [6.45, 7) is 0.207. The van der Waals surface area contributed by atoms with Crippen molar-refractivity contribution < 1.29 is 24.2 Å². The number of ether oxygens (including phenoxy) is 1. The molecule has 4 rings (SSSR count). The van der Waals surface area contributed by atoms with E-state index in [1.54, 1.807) is 14.1 Å². The second-order valence-electron chi connectivity index (χ2n) is 9.76. The van der Waals surface area contributed by atoms with E-state index in [9.17, 15) is 29.8 Å². The number of esters is 2. The van der Waals surface area contributed by atoms with Gasteiger partial charge in [0.1, 0.15) is 0 Å². The molecule has 0 unspecified atom stereocenters. The van der Waals surface area contributed by atoms with E-state index in [0.717, 1.165) is 11.1 Å². The van der Waals surface area contributed by atoms with Gasteiger partial charge < -0.3 is 15.4 Å². The Kier molecular flexibility index (Phi) is 10.0. The maximum atomic E-state index is 13.5. The zero-order valence-electron chi connectivity index (χ0n) is 23.7. The van der Waals surface area contributed by atoms with Gasteiger partial charge in [0.2, 0.25) is 0 Å². The van der Waals surface area contributed by atoms with Gasteiger partial charge in [0.15, 0.2) is 0 Å². The molecule has 0 bridgehead atoms. The van der Waals surface area contributed by atoms with Gasteiger partial charge in [-0.2, -0.15) is 0 Å². The molecule has 220 valence electrons. The smallest absolute Gasteiger partial charge is 0.346 e. The van der Waals surface area contributed by atoms with Crippen molar-refractivity contribution in [2.45, 2.75) is 25.9 Å². The van der Waals surface area contributed by atoms with Crippen LogP contribution in [0.15, 0.2) is 84.9 Å². The standard InChI is InChI=1S/C32H30N4O7/c1-33-19-27-23(13-15-29(35(39)40)25(27)17-21-9-5-3-6-10-21)31(37)43-32(38)24-14-16-30(36(41)42)26(28(24)20-34-2)18-22-11-7-4-8-12-22/h3-16,33-34H,17-20H2,1-2H3. The molecule has 4 aromatic rings. The Morgan fingerprint density at radius 3 is 1.30 bits per heavy atom. The first-order chi connectivity index (χ1) is 20.7. The van der Waals surface area contributed by atoms with Crippen molar-refractivity contribution in [1.29, 1.82) is 0 Å². The van der Waals surface area contributed by atoms with Crippen molar-refractivity contribution in [2.24, 2.45) is 0 Å². The molecule has 0 aliphatic heterocycles. The quantitative estimate of drug-likeness (QED) is 0.100. The molecule has 0 aliphatic rings. The molecule has 0 saturated carbocycles. The van der Waals surface area contributed by atoms with E-state index < -0.39 is 21.8 Å². The fourth-order valence-corrected chi connectivity index (χ4v) is 5.03. The topological polar surface area (TPSA) is 154 Å². The van der Waals surface area contributed by atoms with Crippen LogP contribution in [0.3, 0.4) is 0 Å². The third-order valence-corrected chi connectivity index (χ3v) is 6.99. The highest BCUT2D eigenvalue weighted by molar-refractivity contribution is 6.04. The fraction of sp³-hybridized carbons (Fsp3) is 0.188. The van der Waals surface area contributed by atoms with Gasteiger partial charge in [0.25, 0.3) is 11.4 Å². The molecule has 0 aromatic heterocycles. The van der Waals surface area contributed by atoms with E-state index in [1.165, 1.54) is 24.3 Å². The summed E-state index contributed by atoms with van der Waals surface area (Å²) in [6, 6.07) is 23.2. The van der Waals surface area contributed by atoms with Crippen molar-refractivity contribution in [3.8, 4) is 0 Å². The van der Waals surface area contributed by atoms with Gasteiger partial charge in [-0.25, -0.2) is 9.59 Å². The largest absolute Gasteiger partial charge is 0.386 e. The average Bonchev–Trinajstić information content (AvgIpc) is 2.99. The van der Waals surface area contributed by atoms with Crippen LogP contribution in [0.25, 0.3) is 0 Å². The van der Waals surface area contributed by atoms with Gasteiger partial charge in [-0.15, -0.1) is 0 Å². The SMILES string of the molecule is CNCc1c(C(=O)OC(=O)c2ccc([N+](=O)[O-])c(Cc3ccccc3)c2CNC)ccc([N+](=O)[O-])c1Cc1ccccc1. The lowest BCUT2D eigenvalue weighted by molar-refractivity contribution is -0.385. The second-order valence-corrected chi connectivity index (χ2v) is 9.76. The van der Waals surface area contributed by atoms with Gasteiger partial charge >= 0.3 is 11.9 Å². The Bertz CT molecular complexity index is 1530. The minimum absolute atomic E-state index is 0.000758. The lowest BCUT2D eigenvalue weighted by atomic mass is 9.93. The number of nitrogens with one attached hydrogen (secondary N) is 2. The van der Waals surface area contributed by atoms with Crippen LogP contribution in [0.4, 0.5) is 11.4 Å². The molecule has 0 saturated heterocycles. The third-order valence-electron chi connectivity index (χ3n) is 6.99. The normalized spacial score (nSPS) is 10.7. The maximum absolute atomic E-state index is 13.5. The summed E-state index contributed by atoms with van der Waals surface area (Å²) in [5.74, 6) is -1.98. The Morgan fingerprint density at radius 1 is 0.605 bits per heavy atom. The molecule has 0 aliphatic carbocycles. The van der Waals surface area contributed by atoms with Crippen molar-refractivity contribution in [3.05, 3.63) is 150 Å². The van der Waals surface area contributed by atoms with Crippen molar-refractivity contribution in [2.75, 3.05) is 14.1 Å². The van der Waals surface area contributed by atoms with Gasteiger partial charge in [0, 0.05) is 49.2 Å². The van der Waals surface area contributed by atoms with Crippen LogP contribution >= 0.6 is 0 Å². The van der Waals surface area contributed by atoms with Crippen molar-refractivity contribution in [3.63, 3.8) is 0 Å². The van der Waals surface area contributed by atoms with Gasteiger partial charge in [-0.1, -0.05) is 60.7 Å². The van der Waals surface area contributed by atoms with E-state index >= 15 is 0 Å². The molecule has 11 nitrogen and oxygen atoms in total. The number of benzene rings is 4. The van der Waals surface area contributed by atoms with Crippen LogP contribution in [0, 0.1) is 20.2 Å². The minimum Gasteiger partial charge on any atom is -0.386 e. The minimum atomic E-state index is -0.988. The van der Waals surface area contributed by atoms with Crippen LogP contribution < -0.4 is 10.6 Å². The highest BCUT2D eigenvalue weighted by Gasteiger charge is 2.29. The summed E-state index contributed by atoms with van der Waals surface area (Å²) in [7, 11) is 3.28. The van der Waals surface area contributed by atoms with E-state index in [0.29, 0.717) is 22.3 Å². The fourth-order valence-electron chi connectivity index (χ4n) is 5.03. The zero-order chi connectivity index (χ0) is 30.9. The molecule has 4 aromatic carbocycles. The number of rotatable bonds is 12. The first kappa shape index (κ1) is 30.7. The van der Waals surface area contributed by atoms with E-state index in [1.807, 2.05) is 60.7 Å². The monoisotopic (exact) mass is 582 g/mol. The molecule has 0 fully saturated rings. The number of carbonyl (C=O) groups is 2. The molecule has 0 amide bonds. The Hall–Kier alpha value is -5.26. The zero-order valence-corrected chi connectivity index (χ0v) is 23.7. The lowest BCUT2D eigenvalue weighted by Gasteiger charge is -2.16. The van der Waals surface area contributed by atoms with Gasteiger partial charge in [0.05, 0.1) is 21.0 Å². The van der Waals surface area contributed by atoms with Crippen molar-refractivity contribution >= 4 is 23.3 Å². The van der Waals surface area contributed by atoms with E-state index in [2.05, 4.69) is 10.6 Å². The molecule has 43 heavy (non-hydrogen) atoms. The highest BCUT2D eigenvalue weighted by Crippen LogP contribution is 2.31. The molecule has 11 heteroatoms. The molecular weight excluding hydrogens is 552 g/mol. The molecule has 0 radical (unpaired) electrons. The molecule has 0 spiro atoms. The molecule has 2 N–H and O–H groups in total. The maximum Gasteiger partial charge on any atom is 0.346 e. The molecule has 0 heterocycles. The predicted octanol–water partition coefficient (Wildman–Crippen LogP) is 5.12. The van der Waals surface area contributed by atoms with Crippen molar-refractivity contribution in [1.82, 2.24) is 10.6 Å². The summed E-state index contributed by atoms with van der Waals surface area (Å²) in [4.78, 5) is 49.7. The first-order valence-corrected chi connectivity index (χ1v) is 13.5. The highest BCUT2D eigenvalue weighted by atomic mass is 16.6. The van der Waals surface area contributed by atoms with Crippen LogP contribution in [0.1, 0.15) is 54.1 Å². The number of nitrogens with zero attached hydrogens (tertiary/aromatic N) is 2. The predicted molar refractivity (Wildman–Crippen MR) is 160 cm³/mol. The summed E-state index contributed by atoms with van der Waals surface area (Å²) in [5.41, 5.74) is 2.61. The number of nitro benzene ring substituents is 2. The van der Waals surface area contributed by atoms with Crippen LogP contribution in [-0.4, -0.2) is 35.9 Å². The summed E-state index contributed by atoms with van der Waals surface area (Å²) < 4.78 is 5.33. The summed E-state index contributed by atoms with van der Waals surface area (Å²) >= 11 is 0. The molecular formula is C32H30N4O7. The van der Waals surface area contributed by atoms with E-state index in [-0.39, 0.29) is 48.4 Å². The van der Waals surface area contributed by atoms with Gasteiger partial charge in [-0.3, -0.25) is 20.2 Å². The lowest BCUT2D eigenvalue weighted by Crippen LogP contribution is -2.21. The number of nitro groups is 2. The molecule has 0 atom stereocenters. The summed E-state index contributed by atoms with van der Waals surface area (Å²) in [5, 5.41) is 29.7. The van der Waals surface area contributed by atoms with E-state index in [4.69, 9.17) is 4.74 Å². The average molecular weight is 583 g/mol. The third kappa shape index (κ3) is 7.15. The van der Waals surface area contributed by atoms with Crippen LogP contribution in [-0.2, 0) is 30.7 Å². The number of hydrogen-bond acceptors (Lipinski definition) is 9. The Balaban J connectivity index is 1.75.